The molecule has 0 unspecified atom stereocenters. The van der Waals surface area contributed by atoms with Crippen LogP contribution >= 0.6 is 0 Å². The molecule has 2 heterocycles. The largest absolute Gasteiger partial charge is 0.383 e. The summed E-state index contributed by atoms with van der Waals surface area (Å²) >= 11 is 0. The van der Waals surface area contributed by atoms with Gasteiger partial charge in [-0.3, -0.25) is 14.9 Å². The molecule has 152 valence electrons. The van der Waals surface area contributed by atoms with E-state index in [1.807, 2.05) is 20.8 Å². The summed E-state index contributed by atoms with van der Waals surface area (Å²) in [4.78, 5) is 24.1. The minimum absolute atomic E-state index is 0.0193. The fourth-order valence-electron chi connectivity index (χ4n) is 2.97. The number of hydrogen-bond donors (Lipinski definition) is 3. The van der Waals surface area contributed by atoms with Crippen molar-refractivity contribution in [2.75, 3.05) is 11.1 Å². The molecule has 9 heteroatoms. The number of nitrogens with two attached hydrogens (primary N) is 2. The molecule has 0 spiro atoms. The molecule has 29 heavy (non-hydrogen) atoms. The van der Waals surface area contributed by atoms with E-state index in [9.17, 15) is 9.59 Å². The van der Waals surface area contributed by atoms with Gasteiger partial charge in [0.15, 0.2) is 0 Å². The number of rotatable bonds is 7. The van der Waals surface area contributed by atoms with Gasteiger partial charge in [0, 0.05) is 17.7 Å². The van der Waals surface area contributed by atoms with Crippen molar-refractivity contribution in [1.82, 2.24) is 14.9 Å². The molecule has 0 aliphatic rings. The molecule has 3 rings (SSSR count). The van der Waals surface area contributed by atoms with Crippen molar-refractivity contribution >= 4 is 23.5 Å². The Bertz CT molecular complexity index is 1030. The highest BCUT2D eigenvalue weighted by Crippen LogP contribution is 2.29. The van der Waals surface area contributed by atoms with E-state index < -0.39 is 5.91 Å². The predicted molar refractivity (Wildman–Crippen MR) is 109 cm³/mol. The van der Waals surface area contributed by atoms with Gasteiger partial charge in [-0.15, -0.1) is 0 Å². The summed E-state index contributed by atoms with van der Waals surface area (Å²) in [6, 6.07) is 8.83. The van der Waals surface area contributed by atoms with Gasteiger partial charge < -0.3 is 16.0 Å². The Balaban J connectivity index is 1.77. The van der Waals surface area contributed by atoms with Crippen LogP contribution in [-0.4, -0.2) is 26.8 Å². The number of carbonyl (C=O) groups is 2. The van der Waals surface area contributed by atoms with Crippen LogP contribution in [0.3, 0.4) is 0 Å². The standard InChI is InChI=1S/C20H24N6O3/c1-4-14-10-16(29-25-14)23-15(27)9-12-5-7-13(8-6-12)18-17(20(22)28)19(21)26(24-18)11(2)3/h5-8,10-11H,4,9,21H2,1-3H3,(H2,22,28)(H,23,27). The lowest BCUT2D eigenvalue weighted by Gasteiger charge is -2.07. The van der Waals surface area contributed by atoms with Crippen molar-refractivity contribution in [1.29, 1.82) is 0 Å². The van der Waals surface area contributed by atoms with Gasteiger partial charge in [-0.2, -0.15) is 5.10 Å². The molecule has 5 N–H and O–H groups in total. The van der Waals surface area contributed by atoms with Gasteiger partial charge >= 0.3 is 0 Å². The van der Waals surface area contributed by atoms with E-state index in [1.165, 1.54) is 0 Å². The fraction of sp³-hybridized carbons (Fsp3) is 0.300. The fourth-order valence-corrected chi connectivity index (χ4v) is 2.97. The summed E-state index contributed by atoms with van der Waals surface area (Å²) in [6.45, 7) is 5.78. The summed E-state index contributed by atoms with van der Waals surface area (Å²) < 4.78 is 6.63. The SMILES string of the molecule is CCc1cc(NC(=O)Cc2ccc(-c3nn(C(C)C)c(N)c3C(N)=O)cc2)on1. The summed E-state index contributed by atoms with van der Waals surface area (Å²) in [5.41, 5.74) is 14.4. The number of benzene rings is 1. The molecule has 0 radical (unpaired) electrons. The van der Waals surface area contributed by atoms with E-state index in [4.69, 9.17) is 16.0 Å². The number of nitrogens with one attached hydrogen (secondary N) is 1. The van der Waals surface area contributed by atoms with E-state index in [1.54, 1.807) is 35.0 Å². The molecular weight excluding hydrogens is 372 g/mol. The molecular formula is C20H24N6O3. The first-order chi connectivity index (χ1) is 13.8. The molecule has 9 nitrogen and oxygen atoms in total. The van der Waals surface area contributed by atoms with Gasteiger partial charge in [-0.05, 0) is 25.8 Å². The van der Waals surface area contributed by atoms with E-state index >= 15 is 0 Å². The Morgan fingerprint density at radius 1 is 1.24 bits per heavy atom. The van der Waals surface area contributed by atoms with Crippen molar-refractivity contribution in [3.05, 3.63) is 47.2 Å². The van der Waals surface area contributed by atoms with Crippen LogP contribution in [0.4, 0.5) is 11.7 Å². The number of nitrogens with zero attached hydrogens (tertiary/aromatic N) is 3. The zero-order chi connectivity index (χ0) is 21.1. The second-order valence-electron chi connectivity index (χ2n) is 6.97. The number of aromatic nitrogens is 3. The zero-order valence-electron chi connectivity index (χ0n) is 16.6. The van der Waals surface area contributed by atoms with Crippen LogP contribution in [-0.2, 0) is 17.6 Å². The molecule has 0 saturated heterocycles. The molecule has 1 aromatic carbocycles. The average molecular weight is 396 g/mol. The van der Waals surface area contributed by atoms with Crippen molar-refractivity contribution < 1.29 is 14.1 Å². The number of aryl methyl sites for hydroxylation is 1. The average Bonchev–Trinajstić information content (AvgIpc) is 3.26. The number of primary amides is 1. The maximum Gasteiger partial charge on any atom is 0.254 e. The molecule has 0 fully saturated rings. The summed E-state index contributed by atoms with van der Waals surface area (Å²) in [7, 11) is 0. The van der Waals surface area contributed by atoms with Crippen LogP contribution in [0.2, 0.25) is 0 Å². The summed E-state index contributed by atoms with van der Waals surface area (Å²) in [5, 5.41) is 11.0. The van der Waals surface area contributed by atoms with E-state index in [-0.39, 0.29) is 29.8 Å². The minimum atomic E-state index is -0.633. The Morgan fingerprint density at radius 3 is 2.48 bits per heavy atom. The first-order valence-corrected chi connectivity index (χ1v) is 9.32. The smallest absolute Gasteiger partial charge is 0.254 e. The Kier molecular flexibility index (Phi) is 5.67. The van der Waals surface area contributed by atoms with Crippen molar-refractivity contribution in [3.63, 3.8) is 0 Å². The predicted octanol–water partition coefficient (Wildman–Crippen LogP) is 2.54. The highest BCUT2D eigenvalue weighted by atomic mass is 16.5. The highest BCUT2D eigenvalue weighted by Gasteiger charge is 2.22. The molecule has 0 aliphatic carbocycles. The third-order valence-electron chi connectivity index (χ3n) is 4.46. The lowest BCUT2D eigenvalue weighted by Crippen LogP contribution is -2.15. The number of amides is 2. The number of hydrogen-bond acceptors (Lipinski definition) is 6. The lowest BCUT2D eigenvalue weighted by atomic mass is 10.0. The number of carbonyl (C=O) groups excluding carboxylic acids is 2. The van der Waals surface area contributed by atoms with E-state index in [0.29, 0.717) is 17.1 Å². The van der Waals surface area contributed by atoms with Crippen LogP contribution in [0.25, 0.3) is 11.3 Å². The minimum Gasteiger partial charge on any atom is -0.383 e. The normalized spacial score (nSPS) is 11.0. The molecule has 0 saturated carbocycles. The van der Waals surface area contributed by atoms with Gasteiger partial charge in [0.25, 0.3) is 5.91 Å². The van der Waals surface area contributed by atoms with E-state index in [0.717, 1.165) is 17.7 Å². The summed E-state index contributed by atoms with van der Waals surface area (Å²) in [5.74, 6) is -0.289. The van der Waals surface area contributed by atoms with Crippen LogP contribution in [0.15, 0.2) is 34.9 Å². The van der Waals surface area contributed by atoms with Crippen LogP contribution < -0.4 is 16.8 Å². The second-order valence-corrected chi connectivity index (χ2v) is 6.97. The molecule has 2 amide bonds. The Labute approximate surface area is 168 Å². The maximum absolute atomic E-state index is 12.2. The first kappa shape index (κ1) is 20.1. The first-order valence-electron chi connectivity index (χ1n) is 9.32. The molecule has 0 aliphatic heterocycles. The lowest BCUT2D eigenvalue weighted by molar-refractivity contribution is -0.115. The van der Waals surface area contributed by atoms with Crippen molar-refractivity contribution in [3.8, 4) is 11.3 Å². The Morgan fingerprint density at radius 2 is 1.93 bits per heavy atom. The van der Waals surface area contributed by atoms with Crippen LogP contribution in [0, 0.1) is 0 Å². The quantitative estimate of drug-likeness (QED) is 0.560. The van der Waals surface area contributed by atoms with Gasteiger partial charge in [0.2, 0.25) is 11.8 Å². The highest BCUT2D eigenvalue weighted by molar-refractivity contribution is 6.03. The number of anilines is 2. The van der Waals surface area contributed by atoms with Gasteiger partial charge in [0.05, 0.1) is 12.1 Å². The summed E-state index contributed by atoms with van der Waals surface area (Å²) in [6.07, 6.45) is 0.888. The van der Waals surface area contributed by atoms with Crippen molar-refractivity contribution in [2.24, 2.45) is 5.73 Å². The van der Waals surface area contributed by atoms with Crippen LogP contribution in [0.1, 0.15) is 48.4 Å². The van der Waals surface area contributed by atoms with E-state index in [2.05, 4.69) is 15.6 Å². The monoisotopic (exact) mass is 396 g/mol. The number of nitrogen functional groups attached to an aromatic ring is 1. The molecule has 3 aromatic rings. The van der Waals surface area contributed by atoms with Crippen molar-refractivity contribution in [2.45, 2.75) is 39.7 Å². The Hall–Kier alpha value is -3.62. The molecule has 0 atom stereocenters. The third kappa shape index (κ3) is 4.29. The van der Waals surface area contributed by atoms with Gasteiger partial charge in [0.1, 0.15) is 17.1 Å². The van der Waals surface area contributed by atoms with Gasteiger partial charge in [-0.1, -0.05) is 36.3 Å². The second kappa shape index (κ2) is 8.17. The zero-order valence-corrected chi connectivity index (χ0v) is 16.6. The maximum atomic E-state index is 12.2. The van der Waals surface area contributed by atoms with Gasteiger partial charge in [-0.25, -0.2) is 4.68 Å². The molecule has 0 bridgehead atoms. The third-order valence-corrected chi connectivity index (χ3v) is 4.46. The molecule has 2 aromatic heterocycles. The van der Waals surface area contributed by atoms with Crippen LogP contribution in [0.5, 0.6) is 0 Å². The topological polar surface area (TPSA) is 142 Å².